The number of hydrogen-bond acceptors (Lipinski definition) is 5. The summed E-state index contributed by atoms with van der Waals surface area (Å²) in [6.07, 6.45) is 4.13. The van der Waals surface area contributed by atoms with Crippen LogP contribution in [-0.2, 0) is 6.42 Å². The van der Waals surface area contributed by atoms with E-state index < -0.39 is 0 Å². The van der Waals surface area contributed by atoms with E-state index in [1.54, 1.807) is 12.3 Å². The third kappa shape index (κ3) is 3.90. The highest BCUT2D eigenvalue weighted by Crippen LogP contribution is 2.30. The van der Waals surface area contributed by atoms with E-state index in [2.05, 4.69) is 20.6 Å². The molecule has 7 heteroatoms. The fourth-order valence-electron chi connectivity index (χ4n) is 3.10. The molecule has 4 N–H and O–H groups in total. The van der Waals surface area contributed by atoms with E-state index in [1.807, 2.05) is 54.0 Å². The number of H-pyrrole nitrogens is 1. The number of carbonyl (C=O) groups is 1. The fraction of sp³-hybridized carbons (Fsp3) is 0.143. The molecule has 0 saturated heterocycles. The van der Waals surface area contributed by atoms with Crippen molar-refractivity contribution >= 4 is 39.0 Å². The van der Waals surface area contributed by atoms with Crippen LogP contribution in [0.5, 0.6) is 0 Å². The molecule has 3 aromatic heterocycles. The second kappa shape index (κ2) is 8.24. The molecule has 0 spiro atoms. The van der Waals surface area contributed by atoms with Gasteiger partial charge in [-0.3, -0.25) is 4.79 Å². The number of nitrogens with one attached hydrogen (secondary N) is 3. The van der Waals surface area contributed by atoms with Crippen LogP contribution in [-0.4, -0.2) is 33.6 Å². The second-order valence-electron chi connectivity index (χ2n) is 6.43. The van der Waals surface area contributed by atoms with Gasteiger partial charge < -0.3 is 20.7 Å². The fourth-order valence-corrected chi connectivity index (χ4v) is 3.90. The average molecular weight is 392 g/mol. The maximum Gasteiger partial charge on any atom is 0.254 e. The summed E-state index contributed by atoms with van der Waals surface area (Å²) >= 11 is 1.46. The van der Waals surface area contributed by atoms with Crippen molar-refractivity contribution in [3.05, 3.63) is 77.4 Å². The highest BCUT2D eigenvalue weighted by atomic mass is 32.1. The molecule has 0 bridgehead atoms. The van der Waals surface area contributed by atoms with Gasteiger partial charge >= 0.3 is 0 Å². The quantitative estimate of drug-likeness (QED) is 0.386. The third-order valence-corrected chi connectivity index (χ3v) is 5.33. The van der Waals surface area contributed by atoms with Crippen LogP contribution < -0.4 is 10.6 Å². The van der Waals surface area contributed by atoms with Gasteiger partial charge in [0.05, 0.1) is 23.9 Å². The number of benzene rings is 1. The Morgan fingerprint density at radius 2 is 2.04 bits per heavy atom. The van der Waals surface area contributed by atoms with Crippen LogP contribution in [0.25, 0.3) is 11.0 Å². The molecule has 6 nitrogen and oxygen atoms in total. The Kier molecular flexibility index (Phi) is 5.36. The molecule has 0 aliphatic heterocycles. The van der Waals surface area contributed by atoms with E-state index in [1.165, 1.54) is 11.3 Å². The number of anilines is 2. The number of thiophene rings is 1. The minimum absolute atomic E-state index is 0.123. The van der Waals surface area contributed by atoms with Crippen molar-refractivity contribution in [3.63, 3.8) is 0 Å². The Bertz CT molecular complexity index is 1070. The summed E-state index contributed by atoms with van der Waals surface area (Å²) in [5.41, 5.74) is 3.29. The average Bonchev–Trinajstić information content (AvgIpc) is 3.38. The van der Waals surface area contributed by atoms with Gasteiger partial charge in [-0.2, -0.15) is 0 Å². The molecule has 1 atom stereocenters. The predicted octanol–water partition coefficient (Wildman–Crippen LogP) is 3.70. The molecule has 4 rings (SSSR count). The number of aromatic amines is 1. The van der Waals surface area contributed by atoms with Gasteiger partial charge in [0.2, 0.25) is 0 Å². The molecule has 28 heavy (non-hydrogen) atoms. The molecule has 0 radical (unpaired) electrons. The van der Waals surface area contributed by atoms with Crippen LogP contribution in [0, 0.1) is 0 Å². The van der Waals surface area contributed by atoms with Crippen molar-refractivity contribution in [1.29, 1.82) is 0 Å². The minimum atomic E-state index is -0.347. The van der Waals surface area contributed by atoms with Crippen molar-refractivity contribution in [3.8, 4) is 0 Å². The first-order valence-corrected chi connectivity index (χ1v) is 9.85. The van der Waals surface area contributed by atoms with E-state index in [0.29, 0.717) is 12.0 Å². The number of hydrogen-bond donors (Lipinski definition) is 4. The molecule has 3 heterocycles. The number of aliphatic hydroxyl groups is 1. The highest BCUT2D eigenvalue weighted by molar-refractivity contribution is 7.14. The molecule has 142 valence electrons. The number of pyridine rings is 1. The smallest absolute Gasteiger partial charge is 0.254 e. The zero-order valence-corrected chi connectivity index (χ0v) is 15.9. The van der Waals surface area contributed by atoms with E-state index in [0.717, 1.165) is 27.3 Å². The lowest BCUT2D eigenvalue weighted by Gasteiger charge is -2.17. The highest BCUT2D eigenvalue weighted by Gasteiger charge is 2.18. The van der Waals surface area contributed by atoms with Crippen LogP contribution in [0.2, 0.25) is 0 Å². The molecule has 0 aliphatic rings. The summed E-state index contributed by atoms with van der Waals surface area (Å²) in [5, 5.41) is 19.6. The molecular weight excluding hydrogens is 372 g/mol. The van der Waals surface area contributed by atoms with Gasteiger partial charge in [-0.05, 0) is 35.6 Å². The Labute approximate surface area is 166 Å². The largest absolute Gasteiger partial charge is 0.394 e. The van der Waals surface area contributed by atoms with Gasteiger partial charge in [0, 0.05) is 17.8 Å². The molecule has 1 unspecified atom stereocenters. The molecular formula is C21H20N4O2S. The third-order valence-electron chi connectivity index (χ3n) is 4.50. The lowest BCUT2D eigenvalue weighted by molar-refractivity contribution is 0.0918. The van der Waals surface area contributed by atoms with Crippen LogP contribution in [0.4, 0.5) is 10.7 Å². The monoisotopic (exact) mass is 392 g/mol. The van der Waals surface area contributed by atoms with E-state index in [-0.39, 0.29) is 18.6 Å². The number of nitrogens with zero attached hydrogens (tertiary/aromatic N) is 1. The first-order valence-electron chi connectivity index (χ1n) is 8.97. The number of aromatic nitrogens is 2. The van der Waals surface area contributed by atoms with Crippen LogP contribution in [0.3, 0.4) is 0 Å². The van der Waals surface area contributed by atoms with Gasteiger partial charge in [-0.15, -0.1) is 11.3 Å². The molecule has 0 saturated carbocycles. The number of rotatable bonds is 7. The summed E-state index contributed by atoms with van der Waals surface area (Å²) < 4.78 is 0. The van der Waals surface area contributed by atoms with Crippen LogP contribution >= 0.6 is 11.3 Å². The van der Waals surface area contributed by atoms with Crippen molar-refractivity contribution in [2.75, 3.05) is 11.9 Å². The molecule has 1 aromatic carbocycles. The number of carbonyl (C=O) groups excluding carboxylic acids is 1. The standard InChI is InChI=1S/C21H20N4O2S/c26-13-15(12-14-4-2-1-3-5-14)24-20(27)17-8-11-28-21(17)25-18-7-10-23-19-16(18)6-9-22-19/h1-11,15,26H,12-13H2,(H,24,27)(H2,22,23,25). The summed E-state index contributed by atoms with van der Waals surface area (Å²) in [6, 6.07) is 15.1. The molecule has 4 aromatic rings. The second-order valence-corrected chi connectivity index (χ2v) is 7.35. The Hall–Kier alpha value is -3.16. The van der Waals surface area contributed by atoms with Crippen LogP contribution in [0.1, 0.15) is 15.9 Å². The van der Waals surface area contributed by atoms with Crippen molar-refractivity contribution in [2.45, 2.75) is 12.5 Å². The van der Waals surface area contributed by atoms with E-state index in [9.17, 15) is 9.90 Å². The topological polar surface area (TPSA) is 90.0 Å². The summed E-state index contributed by atoms with van der Waals surface area (Å²) in [5.74, 6) is -0.210. The Balaban J connectivity index is 1.50. The van der Waals surface area contributed by atoms with E-state index in [4.69, 9.17) is 0 Å². The maximum absolute atomic E-state index is 12.8. The lowest BCUT2D eigenvalue weighted by Crippen LogP contribution is -2.39. The SMILES string of the molecule is O=C(NC(CO)Cc1ccccc1)c1ccsc1Nc1ccnc2[nH]ccc12. The summed E-state index contributed by atoms with van der Waals surface area (Å²) in [4.78, 5) is 20.2. The number of amides is 1. The molecule has 1 amide bonds. The van der Waals surface area contributed by atoms with E-state index >= 15 is 0 Å². The zero-order chi connectivity index (χ0) is 19.3. The molecule has 0 fully saturated rings. The zero-order valence-electron chi connectivity index (χ0n) is 15.1. The predicted molar refractivity (Wildman–Crippen MR) is 112 cm³/mol. The van der Waals surface area contributed by atoms with Crippen molar-refractivity contribution < 1.29 is 9.90 Å². The van der Waals surface area contributed by atoms with Crippen LogP contribution in [0.15, 0.2) is 66.3 Å². The first kappa shape index (κ1) is 18.2. The van der Waals surface area contributed by atoms with Gasteiger partial charge in [-0.1, -0.05) is 30.3 Å². The summed E-state index contributed by atoms with van der Waals surface area (Å²) in [6.45, 7) is -0.123. The Morgan fingerprint density at radius 3 is 2.86 bits per heavy atom. The number of aliphatic hydroxyl groups excluding tert-OH is 1. The van der Waals surface area contributed by atoms with Crippen molar-refractivity contribution in [2.24, 2.45) is 0 Å². The normalized spacial score (nSPS) is 12.0. The minimum Gasteiger partial charge on any atom is -0.394 e. The summed E-state index contributed by atoms with van der Waals surface area (Å²) in [7, 11) is 0. The first-order chi connectivity index (χ1) is 13.7. The van der Waals surface area contributed by atoms with Gasteiger partial charge in [0.1, 0.15) is 10.6 Å². The van der Waals surface area contributed by atoms with Gasteiger partial charge in [0.25, 0.3) is 5.91 Å². The van der Waals surface area contributed by atoms with Crippen molar-refractivity contribution in [1.82, 2.24) is 15.3 Å². The maximum atomic E-state index is 12.8. The van der Waals surface area contributed by atoms with Gasteiger partial charge in [-0.25, -0.2) is 4.98 Å². The number of fused-ring (bicyclic) bond motifs is 1. The van der Waals surface area contributed by atoms with Gasteiger partial charge in [0.15, 0.2) is 0 Å². The Morgan fingerprint density at radius 1 is 1.18 bits per heavy atom. The lowest BCUT2D eigenvalue weighted by atomic mass is 10.1. The molecule has 0 aliphatic carbocycles.